The number of ether oxygens (including phenoxy) is 1. The normalized spacial score (nSPS) is 15.8. The Kier molecular flexibility index (Phi) is 12.8. The van der Waals surface area contributed by atoms with E-state index in [0.717, 1.165) is 33.1 Å². The molecule has 0 aromatic heterocycles. The monoisotopic (exact) mass is 390 g/mol. The van der Waals surface area contributed by atoms with Gasteiger partial charge in [0.25, 0.3) is 5.85 Å². The molecule has 26 heavy (non-hydrogen) atoms. The van der Waals surface area contributed by atoms with Crippen LogP contribution in [0.15, 0.2) is 30.0 Å². The first kappa shape index (κ1) is 25.7. The van der Waals surface area contributed by atoms with E-state index < -0.39 is 12.5 Å². The molecule has 0 spiro atoms. The second kappa shape index (κ2) is 13.0. The molecule has 1 unspecified atom stereocenters. The van der Waals surface area contributed by atoms with Gasteiger partial charge >= 0.3 is 51.4 Å². The summed E-state index contributed by atoms with van der Waals surface area (Å²) in [7, 11) is 0. The molecule has 0 radical (unpaired) electrons. The molecule has 140 valence electrons. The van der Waals surface area contributed by atoms with Crippen LogP contribution in [-0.4, -0.2) is 49.3 Å². The predicted octanol–water partition coefficient (Wildman–Crippen LogP) is 0.409. The molecule has 1 aliphatic heterocycles. The maximum absolute atomic E-state index is 12.9. The van der Waals surface area contributed by atoms with Crippen LogP contribution in [0.3, 0.4) is 0 Å². The summed E-state index contributed by atoms with van der Waals surface area (Å²) in [6.07, 6.45) is 0. The first-order valence-electron chi connectivity index (χ1n) is 8.33. The average Bonchev–Trinajstić information content (AvgIpc) is 2.62. The smallest absolute Gasteiger partial charge is 0.481 e. The molecule has 2 rings (SSSR count). The number of allylic oxidation sites excluding steroid dienone is 1. The fraction of sp³-hybridized carbons (Fsp3) is 0.526. The van der Waals surface area contributed by atoms with E-state index in [2.05, 4.69) is 21.0 Å². The molecule has 4 nitrogen and oxygen atoms in total. The van der Waals surface area contributed by atoms with Gasteiger partial charge in [-0.1, -0.05) is 25.5 Å². The molecule has 1 aromatic rings. The van der Waals surface area contributed by atoms with E-state index in [-0.39, 0.29) is 57.3 Å². The van der Waals surface area contributed by atoms with E-state index in [0.29, 0.717) is 17.2 Å². The first-order chi connectivity index (χ1) is 11.8. The molecule has 0 aliphatic carbocycles. The molecule has 2 N–H and O–H groups in total. The zero-order valence-electron chi connectivity index (χ0n) is 16.1. The topological polar surface area (TPSA) is 48.4 Å². The third kappa shape index (κ3) is 9.57. The molecule has 1 atom stereocenters. The van der Waals surface area contributed by atoms with Crippen LogP contribution in [0, 0.1) is 24.0 Å². The van der Waals surface area contributed by atoms with E-state index in [1.54, 1.807) is 12.1 Å². The fourth-order valence-electron chi connectivity index (χ4n) is 2.08. The van der Waals surface area contributed by atoms with Gasteiger partial charge in [-0.25, -0.2) is 4.39 Å². The van der Waals surface area contributed by atoms with E-state index >= 15 is 0 Å². The van der Waals surface area contributed by atoms with E-state index in [1.807, 2.05) is 13.8 Å². The van der Waals surface area contributed by atoms with Crippen LogP contribution in [-0.2, 0) is 0 Å². The van der Waals surface area contributed by atoms with Crippen molar-refractivity contribution in [1.29, 1.82) is 5.41 Å². The number of rotatable bonds is 6. The van der Waals surface area contributed by atoms with Gasteiger partial charge in [0.15, 0.2) is 6.67 Å². The van der Waals surface area contributed by atoms with Crippen molar-refractivity contribution in [3.05, 3.63) is 42.6 Å². The number of hydrogen-bond donors (Lipinski definition) is 2. The Hall–Kier alpha value is -0.314. The molecular weight excluding hydrogens is 363 g/mol. The van der Waals surface area contributed by atoms with Gasteiger partial charge in [0.2, 0.25) is 0 Å². The summed E-state index contributed by atoms with van der Waals surface area (Å²) in [6, 6.07) is 8.93. The SMILES string of the molecule is CC(F)(CF)Oc1cc[c-]cc1.[CH-]=C(C(=N)C(C)C)N1CCNCC1.[K+]. The van der Waals surface area contributed by atoms with Crippen molar-refractivity contribution in [1.82, 2.24) is 10.2 Å². The van der Waals surface area contributed by atoms with Gasteiger partial charge in [-0.05, 0) is 0 Å². The van der Waals surface area contributed by atoms with E-state index in [4.69, 9.17) is 12.0 Å². The van der Waals surface area contributed by atoms with Gasteiger partial charge < -0.3 is 20.4 Å². The Morgan fingerprint density at radius 3 is 2.38 bits per heavy atom. The summed E-state index contributed by atoms with van der Waals surface area (Å²) in [5.74, 6) is -1.72. The number of benzene rings is 1. The Morgan fingerprint density at radius 2 is 1.92 bits per heavy atom. The van der Waals surface area contributed by atoms with Crippen LogP contribution in [0.5, 0.6) is 5.75 Å². The van der Waals surface area contributed by atoms with Gasteiger partial charge in [0, 0.05) is 38.9 Å². The number of hydrogen-bond acceptors (Lipinski definition) is 4. The number of nitrogens with zero attached hydrogens (tertiary/aromatic N) is 1. The van der Waals surface area contributed by atoms with Crippen molar-refractivity contribution >= 4 is 5.71 Å². The summed E-state index contributed by atoms with van der Waals surface area (Å²) >= 11 is 0. The van der Waals surface area contributed by atoms with Crippen LogP contribution >= 0.6 is 0 Å². The summed E-state index contributed by atoms with van der Waals surface area (Å²) in [5, 5.41) is 11.0. The third-order valence-electron chi connectivity index (χ3n) is 3.57. The fourth-order valence-corrected chi connectivity index (χ4v) is 2.08. The Labute approximate surface area is 198 Å². The minimum absolute atomic E-state index is 0. The number of halogens is 2. The Balaban J connectivity index is 0.000000464. The van der Waals surface area contributed by atoms with Crippen LogP contribution in [0.25, 0.3) is 0 Å². The first-order valence-corrected chi connectivity index (χ1v) is 8.33. The molecule has 1 saturated heterocycles. The zero-order chi connectivity index (χ0) is 18.9. The minimum atomic E-state index is -2.23. The summed E-state index contributed by atoms with van der Waals surface area (Å²) < 4.78 is 29.5. The molecule has 0 amide bonds. The molecule has 0 saturated carbocycles. The summed E-state index contributed by atoms with van der Waals surface area (Å²) in [5.41, 5.74) is 1.21. The summed E-state index contributed by atoms with van der Waals surface area (Å²) in [6.45, 7) is 13.5. The second-order valence-electron chi connectivity index (χ2n) is 6.26. The quantitative estimate of drug-likeness (QED) is 0.420. The van der Waals surface area contributed by atoms with Crippen molar-refractivity contribution in [2.75, 3.05) is 32.9 Å². The van der Waals surface area contributed by atoms with Gasteiger partial charge in [-0.3, -0.25) is 6.58 Å². The minimum Gasteiger partial charge on any atom is -0.481 e. The molecular formula is C19H27F2KN3O-. The van der Waals surface area contributed by atoms with E-state index in [9.17, 15) is 8.78 Å². The molecule has 0 bridgehead atoms. The van der Waals surface area contributed by atoms with Crippen molar-refractivity contribution < 1.29 is 64.9 Å². The standard InChI is InChI=1S/C10H18N3.C9H9F2O.K/c1-8(2)10(11)9(3)13-6-4-12-5-7-13;1-9(11,7-10)12-8-5-3-2-4-6-8;/h3,8,11-12H,4-7H2,1-2H3;3-6H,7H2,1H3;/q2*-1;+1. The zero-order valence-corrected chi connectivity index (χ0v) is 19.2. The van der Waals surface area contributed by atoms with Gasteiger partial charge in [-0.15, -0.1) is 17.8 Å². The second-order valence-corrected chi connectivity index (χ2v) is 6.26. The maximum atomic E-state index is 12.9. The van der Waals surface area contributed by atoms with Crippen molar-refractivity contribution in [2.45, 2.75) is 26.6 Å². The predicted molar refractivity (Wildman–Crippen MR) is 96.2 cm³/mol. The Morgan fingerprint density at radius 1 is 1.38 bits per heavy atom. The van der Waals surface area contributed by atoms with E-state index in [1.165, 1.54) is 12.1 Å². The molecule has 1 fully saturated rings. The molecule has 1 aliphatic rings. The Bertz CT molecular complexity index is 547. The largest absolute Gasteiger partial charge is 1.00 e. The number of nitrogens with one attached hydrogen (secondary N) is 2. The number of piperazine rings is 1. The third-order valence-corrected chi connectivity index (χ3v) is 3.57. The summed E-state index contributed by atoms with van der Waals surface area (Å²) in [4.78, 5) is 2.08. The van der Waals surface area contributed by atoms with Gasteiger partial charge in [0.05, 0.1) is 0 Å². The van der Waals surface area contributed by atoms with Crippen LogP contribution in [0.1, 0.15) is 20.8 Å². The van der Waals surface area contributed by atoms with Gasteiger partial charge in [0.1, 0.15) is 0 Å². The van der Waals surface area contributed by atoms with Crippen molar-refractivity contribution in [3.8, 4) is 5.75 Å². The molecule has 1 aromatic carbocycles. The van der Waals surface area contributed by atoms with Crippen LogP contribution < -0.4 is 61.4 Å². The number of alkyl halides is 2. The molecule has 7 heteroatoms. The molecule has 1 heterocycles. The maximum Gasteiger partial charge on any atom is 1.00 e. The van der Waals surface area contributed by atoms with Crippen molar-refractivity contribution in [3.63, 3.8) is 0 Å². The van der Waals surface area contributed by atoms with Crippen molar-refractivity contribution in [2.24, 2.45) is 5.92 Å². The van der Waals surface area contributed by atoms with Gasteiger partial charge in [-0.2, -0.15) is 22.6 Å². The van der Waals surface area contributed by atoms with Crippen LogP contribution in [0.2, 0.25) is 0 Å². The average molecular weight is 391 g/mol. The van der Waals surface area contributed by atoms with Crippen LogP contribution in [0.4, 0.5) is 8.78 Å².